The number of hydrogen-bond acceptors (Lipinski definition) is 18. The van der Waals surface area contributed by atoms with Gasteiger partial charge in [0.1, 0.15) is 6.04 Å². The monoisotopic (exact) mass is 891 g/mol. The normalized spacial score (nSPS) is 11.4. The van der Waals surface area contributed by atoms with Crippen molar-refractivity contribution in [3.8, 4) is 23.1 Å². The van der Waals surface area contributed by atoms with Gasteiger partial charge in [0.25, 0.3) is 0 Å². The first-order valence-electron chi connectivity index (χ1n) is 19.3. The maximum Gasteiger partial charge on any atom is 0.327 e. The minimum absolute atomic E-state index is 0.0879. The van der Waals surface area contributed by atoms with Gasteiger partial charge in [-0.05, 0) is 12.5 Å². The van der Waals surface area contributed by atoms with Gasteiger partial charge in [-0.1, -0.05) is 24.3 Å². The Morgan fingerprint density at radius 3 is 1.94 bits per heavy atom. The molecule has 0 radical (unpaired) electrons. The first kappa shape index (κ1) is 50.4. The minimum atomic E-state index is -1.42. The average Bonchev–Trinajstić information content (AvgIpc) is 3.53. The van der Waals surface area contributed by atoms with E-state index in [9.17, 15) is 44.1 Å². The van der Waals surface area contributed by atoms with E-state index < -0.39 is 48.7 Å². The highest BCUT2D eigenvalue weighted by Gasteiger charge is 2.23. The fraction of sp³-hybridized carbons (Fsp3) is 0.514. The number of aromatic nitrogens is 5. The molecule has 1 aromatic carbocycles. The number of nitrogens with two attached hydrogens (primary N) is 1. The molecule has 340 valence electrons. The number of carboxylic acids is 1. The van der Waals surface area contributed by atoms with Gasteiger partial charge in [0.05, 0.1) is 77.4 Å². The van der Waals surface area contributed by atoms with Gasteiger partial charge in [-0.25, -0.2) is 4.79 Å². The molecule has 0 fully saturated rings. The van der Waals surface area contributed by atoms with E-state index in [1.165, 1.54) is 6.07 Å². The van der Waals surface area contributed by atoms with E-state index in [0.29, 0.717) is 51.2 Å². The molecule has 0 saturated heterocycles. The number of aromatic hydroxyl groups is 2. The van der Waals surface area contributed by atoms with Crippen LogP contribution in [0.5, 0.6) is 11.8 Å². The third-order valence-corrected chi connectivity index (χ3v) is 9.24. The average molecular weight is 892 g/mol. The van der Waals surface area contributed by atoms with Crippen molar-refractivity contribution in [1.29, 1.82) is 0 Å². The van der Waals surface area contributed by atoms with E-state index in [0.717, 1.165) is 27.5 Å². The molecule has 0 aliphatic rings. The lowest BCUT2D eigenvalue weighted by molar-refractivity contribution is -0.141. The smallest absolute Gasteiger partial charge is 0.327 e. The first-order valence-corrected chi connectivity index (χ1v) is 20.3. The molecule has 5 amide bonds. The topological polar surface area (TPSA) is 343 Å². The fourth-order valence-electron chi connectivity index (χ4n) is 4.86. The van der Waals surface area contributed by atoms with Crippen molar-refractivity contribution < 1.29 is 63.0 Å². The predicted octanol–water partition coefficient (Wildman–Crippen LogP) is -2.41. The molecule has 1 unspecified atom stereocenters. The van der Waals surface area contributed by atoms with Gasteiger partial charge in [-0.2, -0.15) is 0 Å². The van der Waals surface area contributed by atoms with Crippen LogP contribution in [0.1, 0.15) is 24.2 Å². The predicted molar refractivity (Wildman–Crippen MR) is 218 cm³/mol. The number of carbonyl (C=O) groups is 6. The summed E-state index contributed by atoms with van der Waals surface area (Å²) in [5, 5.41) is 58.4. The second-order valence-electron chi connectivity index (χ2n) is 12.9. The highest BCUT2D eigenvalue weighted by atomic mass is 32.2. The first-order chi connectivity index (χ1) is 29.9. The number of aryl methyl sites for hydroxylation is 1. The van der Waals surface area contributed by atoms with Crippen LogP contribution in [0.15, 0.2) is 35.2 Å². The molecule has 10 N–H and O–H groups in total. The Labute approximate surface area is 360 Å². The second-order valence-corrected chi connectivity index (χ2v) is 14.0. The molecule has 3 rings (SSSR count). The molecule has 2 aromatic heterocycles. The number of nitrogens with one attached hydrogen (secondary N) is 5. The quantitative estimate of drug-likeness (QED) is 0.0240. The van der Waals surface area contributed by atoms with E-state index >= 15 is 0 Å². The van der Waals surface area contributed by atoms with E-state index in [-0.39, 0.29) is 80.6 Å². The Morgan fingerprint density at radius 2 is 1.31 bits per heavy atom. The van der Waals surface area contributed by atoms with Crippen LogP contribution in [0.4, 0.5) is 0 Å². The number of carboxylic acid groups (broad SMARTS) is 1. The zero-order valence-corrected chi connectivity index (χ0v) is 34.9. The van der Waals surface area contributed by atoms with Crippen molar-refractivity contribution in [2.24, 2.45) is 5.73 Å². The van der Waals surface area contributed by atoms with Crippen LogP contribution in [0, 0.1) is 6.92 Å². The zero-order valence-electron chi connectivity index (χ0n) is 34.1. The van der Waals surface area contributed by atoms with Crippen LogP contribution in [0.2, 0.25) is 0 Å². The molecular weight excluding hydrogens is 839 g/mol. The molecule has 62 heavy (non-hydrogen) atoms. The van der Waals surface area contributed by atoms with Gasteiger partial charge in [0, 0.05) is 49.9 Å². The molecular formula is C37H53N11O13S. The van der Waals surface area contributed by atoms with Crippen LogP contribution in [0.25, 0.3) is 11.4 Å². The molecule has 0 bridgehead atoms. The largest absolute Gasteiger partial charge is 0.494 e. The molecule has 0 saturated carbocycles. The van der Waals surface area contributed by atoms with Crippen molar-refractivity contribution >= 4 is 47.3 Å². The summed E-state index contributed by atoms with van der Waals surface area (Å²) in [5.74, 6) is -4.05. The summed E-state index contributed by atoms with van der Waals surface area (Å²) in [4.78, 5) is 71.3. The van der Waals surface area contributed by atoms with Gasteiger partial charge in [-0.15, -0.1) is 32.2 Å². The Kier molecular flexibility index (Phi) is 23.2. The molecule has 25 heteroatoms. The van der Waals surface area contributed by atoms with Crippen LogP contribution >= 0.6 is 11.8 Å². The van der Waals surface area contributed by atoms with Crippen molar-refractivity contribution in [3.05, 3.63) is 41.7 Å². The molecule has 1 atom stereocenters. The number of thioether (sulfide) groups is 1. The Hall–Kier alpha value is -5.99. The fourth-order valence-corrected chi connectivity index (χ4v) is 5.86. The molecule has 3 aromatic rings. The molecule has 0 spiro atoms. The summed E-state index contributed by atoms with van der Waals surface area (Å²) >= 11 is 0.839. The highest BCUT2D eigenvalue weighted by Crippen LogP contribution is 2.36. The molecule has 0 aliphatic heterocycles. The van der Waals surface area contributed by atoms with Crippen molar-refractivity contribution in [3.63, 3.8) is 0 Å². The third-order valence-electron chi connectivity index (χ3n) is 8.13. The van der Waals surface area contributed by atoms with E-state index in [1.807, 2.05) is 24.3 Å². The Morgan fingerprint density at radius 1 is 0.726 bits per heavy atom. The maximum absolute atomic E-state index is 12.3. The SMILES string of the molecule is Cc1nnc(-c2ccc(CNC(=O)CCOCCOCCOCCOCCNC(=O)CCn3c(O)cc(SCC(NC(=O)CNC(=O)CNC(=O)CN)C(=O)O)c3O)cc2)nn1. The number of hydrogen-bond donors (Lipinski definition) is 9. The highest BCUT2D eigenvalue weighted by molar-refractivity contribution is 7.99. The van der Waals surface area contributed by atoms with E-state index in [4.69, 9.17) is 24.7 Å². The lowest BCUT2D eigenvalue weighted by Gasteiger charge is -2.14. The van der Waals surface area contributed by atoms with Gasteiger partial charge in [-0.3, -0.25) is 28.5 Å². The number of rotatable bonds is 31. The third kappa shape index (κ3) is 20.0. The molecule has 24 nitrogen and oxygen atoms in total. The van der Waals surface area contributed by atoms with Gasteiger partial charge < -0.3 is 66.6 Å². The van der Waals surface area contributed by atoms with Crippen LogP contribution in [-0.4, -0.2) is 167 Å². The lowest BCUT2D eigenvalue weighted by Crippen LogP contribution is -2.48. The minimum Gasteiger partial charge on any atom is -0.494 e. The van der Waals surface area contributed by atoms with Gasteiger partial charge in [0.2, 0.25) is 41.2 Å². The van der Waals surface area contributed by atoms with Crippen molar-refractivity contribution in [1.82, 2.24) is 51.5 Å². The standard InChI is InChI=1S/C37H53N11O13S/c1-24-44-46-35(47-45-24)26-4-2-25(3-5-26)20-40-30(50)7-10-58-12-14-60-16-17-61-15-13-59-11-8-39-29(49)6-9-48-34(54)18-28(36(48)55)62-23-27(37(56)57)43-33(53)22-42-32(52)21-41-31(51)19-38/h2-5,18,27,54-55H,6-17,19-23,38H2,1H3,(H,39,49)(H,40,50)(H,41,51)(H,42,52)(H,43,53)(H,56,57). The summed E-state index contributed by atoms with van der Waals surface area (Å²) in [6.07, 6.45) is 0.113. The summed E-state index contributed by atoms with van der Waals surface area (Å²) in [6, 6.07) is 7.20. The summed E-state index contributed by atoms with van der Waals surface area (Å²) in [6.45, 7) is 3.35. The zero-order chi connectivity index (χ0) is 45.1. The number of benzene rings is 1. The number of aliphatic carboxylic acids is 1. The number of ether oxygens (including phenoxy) is 4. The van der Waals surface area contributed by atoms with Crippen molar-refractivity contribution in [2.45, 2.75) is 43.8 Å². The number of carbonyl (C=O) groups excluding carboxylic acids is 5. The van der Waals surface area contributed by atoms with Crippen LogP contribution in [0.3, 0.4) is 0 Å². The van der Waals surface area contributed by atoms with E-state index in [2.05, 4.69) is 47.0 Å². The summed E-state index contributed by atoms with van der Waals surface area (Å²) < 4.78 is 22.9. The van der Waals surface area contributed by atoms with Crippen LogP contribution in [-0.2, 0) is 60.8 Å². The Bertz CT molecular complexity index is 1890. The molecule has 2 heterocycles. The second kappa shape index (κ2) is 28.5. The van der Waals surface area contributed by atoms with Crippen LogP contribution < -0.4 is 32.3 Å². The molecule has 0 aliphatic carbocycles. The van der Waals surface area contributed by atoms with Gasteiger partial charge >= 0.3 is 5.97 Å². The lowest BCUT2D eigenvalue weighted by atomic mass is 10.1. The van der Waals surface area contributed by atoms with E-state index in [1.54, 1.807) is 6.92 Å². The van der Waals surface area contributed by atoms with Crippen molar-refractivity contribution in [2.75, 3.05) is 84.8 Å². The number of nitrogens with zero attached hydrogens (tertiary/aromatic N) is 5. The summed E-state index contributed by atoms with van der Waals surface area (Å²) in [5.41, 5.74) is 6.82. The van der Waals surface area contributed by atoms with Gasteiger partial charge in [0.15, 0.2) is 11.7 Å². The number of amides is 5. The Balaban J connectivity index is 1.14. The summed E-state index contributed by atoms with van der Waals surface area (Å²) in [7, 11) is 0. The maximum atomic E-state index is 12.3.